The van der Waals surface area contributed by atoms with E-state index in [1.54, 1.807) is 12.1 Å². The van der Waals surface area contributed by atoms with Gasteiger partial charge in [-0.1, -0.05) is 11.6 Å². The molecule has 3 nitrogen and oxygen atoms in total. The lowest BCUT2D eigenvalue weighted by atomic mass is 10.1. The molecule has 1 atom stereocenters. The van der Waals surface area contributed by atoms with Crippen LogP contribution in [0.2, 0.25) is 5.02 Å². The van der Waals surface area contributed by atoms with Crippen molar-refractivity contribution in [1.29, 1.82) is 0 Å². The number of carboxylic acid groups (broad SMARTS) is 1. The van der Waals surface area contributed by atoms with Gasteiger partial charge in [0, 0.05) is 5.02 Å². The number of halogens is 1. The molecule has 0 bridgehead atoms. The summed E-state index contributed by atoms with van der Waals surface area (Å²) in [4.78, 5) is 10.7. The van der Waals surface area contributed by atoms with E-state index in [-0.39, 0.29) is 13.5 Å². The monoisotopic (exact) mass is 274 g/mol. The fourth-order valence-corrected chi connectivity index (χ4v) is 1.76. The molecule has 0 saturated heterocycles. The van der Waals surface area contributed by atoms with Gasteiger partial charge < -0.3 is 9.84 Å². The van der Waals surface area contributed by atoms with Gasteiger partial charge in [0.1, 0.15) is 5.75 Å². The molecule has 94 valence electrons. The van der Waals surface area contributed by atoms with Crippen LogP contribution in [-0.4, -0.2) is 17.2 Å². The smallest absolute Gasteiger partial charge is 0.344 e. The van der Waals surface area contributed by atoms with Crippen LogP contribution in [0.25, 0.3) is 0 Å². The van der Waals surface area contributed by atoms with E-state index < -0.39 is 12.1 Å². The minimum absolute atomic E-state index is 0. The van der Waals surface area contributed by atoms with Gasteiger partial charge in [-0.05, 0) is 49.4 Å². The quantitative estimate of drug-likeness (QED) is 0.917. The zero-order chi connectivity index (χ0) is 11.7. The number of hydrogen-bond donors (Lipinski definition) is 1. The van der Waals surface area contributed by atoms with Crippen molar-refractivity contribution in [2.75, 3.05) is 0 Å². The SMILES string of the molecule is C[C@H](Oc1ccc(Cl)cc1C1CC1)C(=O)O.S. The highest BCUT2D eigenvalue weighted by molar-refractivity contribution is 7.59. The van der Waals surface area contributed by atoms with E-state index in [1.807, 2.05) is 6.07 Å². The van der Waals surface area contributed by atoms with Crippen molar-refractivity contribution >= 4 is 31.1 Å². The van der Waals surface area contributed by atoms with Crippen molar-refractivity contribution in [3.63, 3.8) is 0 Å². The molecule has 5 heteroatoms. The number of ether oxygens (including phenoxy) is 1. The number of aliphatic carboxylic acids is 1. The predicted molar refractivity (Wildman–Crippen MR) is 71.5 cm³/mol. The van der Waals surface area contributed by atoms with Crippen molar-refractivity contribution in [1.82, 2.24) is 0 Å². The second-order valence-corrected chi connectivity index (χ2v) is 4.49. The van der Waals surface area contributed by atoms with Crippen molar-refractivity contribution in [3.8, 4) is 5.75 Å². The second-order valence-electron chi connectivity index (χ2n) is 4.05. The van der Waals surface area contributed by atoms with Gasteiger partial charge in [-0.15, -0.1) is 0 Å². The molecular weight excluding hydrogens is 260 g/mol. The lowest BCUT2D eigenvalue weighted by Crippen LogP contribution is -2.23. The van der Waals surface area contributed by atoms with Crippen LogP contribution in [0.3, 0.4) is 0 Å². The van der Waals surface area contributed by atoms with Crippen LogP contribution in [0.1, 0.15) is 31.2 Å². The molecule has 0 aromatic heterocycles. The Morgan fingerprint density at radius 3 is 2.71 bits per heavy atom. The normalized spacial score (nSPS) is 15.9. The van der Waals surface area contributed by atoms with Crippen molar-refractivity contribution in [2.24, 2.45) is 0 Å². The summed E-state index contributed by atoms with van der Waals surface area (Å²) < 4.78 is 5.41. The summed E-state index contributed by atoms with van der Waals surface area (Å²) in [5, 5.41) is 9.46. The Balaban J connectivity index is 0.00000144. The van der Waals surface area contributed by atoms with E-state index in [2.05, 4.69) is 0 Å². The van der Waals surface area contributed by atoms with Crippen molar-refractivity contribution < 1.29 is 14.6 Å². The number of carboxylic acids is 1. The maximum atomic E-state index is 10.7. The minimum Gasteiger partial charge on any atom is -0.479 e. The molecule has 1 fully saturated rings. The molecule has 1 aromatic rings. The Morgan fingerprint density at radius 2 is 2.18 bits per heavy atom. The van der Waals surface area contributed by atoms with Crippen LogP contribution >= 0.6 is 25.1 Å². The van der Waals surface area contributed by atoms with Crippen LogP contribution in [0.4, 0.5) is 0 Å². The lowest BCUT2D eigenvalue weighted by molar-refractivity contribution is -0.144. The summed E-state index contributed by atoms with van der Waals surface area (Å²) >= 11 is 5.92. The van der Waals surface area contributed by atoms with E-state index in [0.717, 1.165) is 18.4 Å². The Bertz CT molecular complexity index is 418. The van der Waals surface area contributed by atoms with Gasteiger partial charge in [-0.2, -0.15) is 13.5 Å². The first-order valence-corrected chi connectivity index (χ1v) is 5.64. The number of hydrogen-bond acceptors (Lipinski definition) is 2. The Morgan fingerprint density at radius 1 is 1.53 bits per heavy atom. The van der Waals surface area contributed by atoms with Gasteiger partial charge in [-0.25, -0.2) is 4.79 Å². The maximum Gasteiger partial charge on any atom is 0.344 e. The fraction of sp³-hybridized carbons (Fsp3) is 0.417. The largest absolute Gasteiger partial charge is 0.479 e. The lowest BCUT2D eigenvalue weighted by Gasteiger charge is -2.14. The second kappa shape index (κ2) is 5.65. The summed E-state index contributed by atoms with van der Waals surface area (Å²) in [6.07, 6.45) is 1.41. The first kappa shape index (κ1) is 14.2. The average Bonchev–Trinajstić information content (AvgIpc) is 3.04. The maximum absolute atomic E-state index is 10.7. The third-order valence-electron chi connectivity index (χ3n) is 2.64. The van der Waals surface area contributed by atoms with Crippen LogP contribution in [0.5, 0.6) is 5.75 Å². The third kappa shape index (κ3) is 3.54. The summed E-state index contributed by atoms with van der Waals surface area (Å²) in [6, 6.07) is 5.33. The number of carbonyl (C=O) groups is 1. The zero-order valence-corrected chi connectivity index (χ0v) is 11.2. The Labute approximate surface area is 112 Å². The fourth-order valence-electron chi connectivity index (χ4n) is 1.58. The molecule has 2 rings (SSSR count). The molecule has 0 unspecified atom stereocenters. The number of benzene rings is 1. The van der Waals surface area contributed by atoms with Gasteiger partial charge in [0.2, 0.25) is 0 Å². The zero-order valence-electron chi connectivity index (χ0n) is 9.44. The van der Waals surface area contributed by atoms with Gasteiger partial charge >= 0.3 is 5.97 Å². The molecule has 1 aliphatic carbocycles. The summed E-state index contributed by atoms with van der Waals surface area (Å²) in [6.45, 7) is 1.52. The number of rotatable bonds is 4. The van der Waals surface area contributed by atoms with Crippen LogP contribution in [0, 0.1) is 0 Å². The van der Waals surface area contributed by atoms with Crippen LogP contribution in [-0.2, 0) is 4.79 Å². The molecule has 0 spiro atoms. The third-order valence-corrected chi connectivity index (χ3v) is 2.88. The standard InChI is InChI=1S/C12H13ClO3.H2S/c1-7(12(14)15)16-11-5-4-9(13)6-10(11)8-2-3-8;/h4-8H,2-3H2,1H3,(H,14,15);1H2/t7-;/m0./s1. The molecule has 1 saturated carbocycles. The molecule has 1 aliphatic rings. The van der Waals surface area contributed by atoms with E-state index >= 15 is 0 Å². The first-order valence-electron chi connectivity index (χ1n) is 5.27. The van der Waals surface area contributed by atoms with E-state index in [0.29, 0.717) is 16.7 Å². The molecule has 0 heterocycles. The topological polar surface area (TPSA) is 46.5 Å². The molecule has 17 heavy (non-hydrogen) atoms. The van der Waals surface area contributed by atoms with Gasteiger partial charge in [0.15, 0.2) is 6.10 Å². The Hall–Kier alpha value is -0.870. The average molecular weight is 275 g/mol. The van der Waals surface area contributed by atoms with Crippen molar-refractivity contribution in [2.45, 2.75) is 31.8 Å². The highest BCUT2D eigenvalue weighted by atomic mass is 35.5. The van der Waals surface area contributed by atoms with E-state index in [1.165, 1.54) is 6.92 Å². The highest BCUT2D eigenvalue weighted by Gasteiger charge is 2.28. The summed E-state index contributed by atoms with van der Waals surface area (Å²) in [7, 11) is 0. The molecule has 1 N–H and O–H groups in total. The van der Waals surface area contributed by atoms with E-state index in [9.17, 15) is 4.79 Å². The van der Waals surface area contributed by atoms with E-state index in [4.69, 9.17) is 21.4 Å². The molecule has 0 amide bonds. The summed E-state index contributed by atoms with van der Waals surface area (Å²) in [5.41, 5.74) is 1.03. The molecule has 0 radical (unpaired) electrons. The molecule has 0 aliphatic heterocycles. The molecular formula is C12H15ClO3S. The predicted octanol–water partition coefficient (Wildman–Crippen LogP) is 3.18. The van der Waals surface area contributed by atoms with Gasteiger partial charge in [0.05, 0.1) is 0 Å². The van der Waals surface area contributed by atoms with Gasteiger partial charge in [0.25, 0.3) is 0 Å². The minimum atomic E-state index is -0.961. The molecule has 1 aromatic carbocycles. The first-order chi connectivity index (χ1) is 7.58. The Kier molecular flexibility index (Phi) is 4.71. The summed E-state index contributed by atoms with van der Waals surface area (Å²) in [5.74, 6) is 0.160. The van der Waals surface area contributed by atoms with Crippen LogP contribution < -0.4 is 4.74 Å². The van der Waals surface area contributed by atoms with Gasteiger partial charge in [-0.3, -0.25) is 0 Å². The highest BCUT2D eigenvalue weighted by Crippen LogP contribution is 2.45. The van der Waals surface area contributed by atoms with Crippen molar-refractivity contribution in [3.05, 3.63) is 28.8 Å². The van der Waals surface area contributed by atoms with Crippen LogP contribution in [0.15, 0.2) is 18.2 Å².